The van der Waals surface area contributed by atoms with E-state index >= 15 is 0 Å². The van der Waals surface area contributed by atoms with E-state index in [-0.39, 0.29) is 18.0 Å². The molecule has 0 radical (unpaired) electrons. The molecule has 0 bridgehead atoms. The van der Waals surface area contributed by atoms with Gasteiger partial charge in [-0.1, -0.05) is 6.42 Å². The molecule has 2 heterocycles. The standard InChI is InChI=1S/C14H26N4O2S/c1-15-7-8-18(2)12(19)6-4-3-5-11-13-10(9-21-11)16-14(20)17-13/h10-11,13,15H,3-9H2,1-2H3,(H2,16,17,20)/t10-,11-,13-/m0/s1. The number of thioether (sulfide) groups is 1. The minimum atomic E-state index is -0.0309. The van der Waals surface area contributed by atoms with Crippen LogP contribution in [0.25, 0.3) is 0 Å². The monoisotopic (exact) mass is 314 g/mol. The Kier molecular flexibility index (Phi) is 6.17. The lowest BCUT2D eigenvalue weighted by molar-refractivity contribution is -0.129. The predicted octanol–water partition coefficient (Wildman–Crippen LogP) is 0.390. The van der Waals surface area contributed by atoms with Crippen LogP contribution in [0.4, 0.5) is 4.79 Å². The molecule has 2 aliphatic heterocycles. The number of hydrogen-bond donors (Lipinski definition) is 3. The third kappa shape index (κ3) is 4.51. The van der Waals surface area contributed by atoms with Crippen LogP contribution >= 0.6 is 11.8 Å². The summed E-state index contributed by atoms with van der Waals surface area (Å²) >= 11 is 1.93. The number of unbranched alkanes of at least 4 members (excludes halogenated alkanes) is 1. The highest BCUT2D eigenvalue weighted by Crippen LogP contribution is 2.33. The Morgan fingerprint density at radius 1 is 1.43 bits per heavy atom. The molecule has 120 valence electrons. The number of carbonyl (C=O) groups excluding carboxylic acids is 2. The molecule has 7 heteroatoms. The van der Waals surface area contributed by atoms with E-state index in [0.717, 1.165) is 38.1 Å². The second kappa shape index (κ2) is 7.89. The molecule has 0 aromatic rings. The summed E-state index contributed by atoms with van der Waals surface area (Å²) in [5, 5.41) is 9.49. The fraction of sp³-hybridized carbons (Fsp3) is 0.857. The fourth-order valence-electron chi connectivity index (χ4n) is 2.86. The number of hydrogen-bond acceptors (Lipinski definition) is 4. The maximum atomic E-state index is 11.9. The second-order valence-corrected chi connectivity index (χ2v) is 7.06. The molecule has 21 heavy (non-hydrogen) atoms. The summed E-state index contributed by atoms with van der Waals surface area (Å²) in [5.74, 6) is 1.22. The maximum absolute atomic E-state index is 11.9. The molecule has 0 saturated carbocycles. The molecule has 0 aromatic heterocycles. The zero-order valence-electron chi connectivity index (χ0n) is 12.9. The van der Waals surface area contributed by atoms with Crippen molar-refractivity contribution in [3.05, 3.63) is 0 Å². The van der Waals surface area contributed by atoms with Gasteiger partial charge in [-0.2, -0.15) is 11.8 Å². The average Bonchev–Trinajstić information content (AvgIpc) is 3.00. The number of urea groups is 1. The number of rotatable bonds is 8. The van der Waals surface area contributed by atoms with E-state index in [1.165, 1.54) is 0 Å². The SMILES string of the molecule is CNCCN(C)C(=O)CCCC[C@@H]1SC[C@@H]2NC(=O)N[C@@H]21. The average molecular weight is 314 g/mol. The Hall–Kier alpha value is -0.950. The van der Waals surface area contributed by atoms with Gasteiger partial charge in [0.1, 0.15) is 0 Å². The van der Waals surface area contributed by atoms with Crippen molar-refractivity contribution in [1.29, 1.82) is 0 Å². The van der Waals surface area contributed by atoms with Crippen LogP contribution in [0.5, 0.6) is 0 Å². The van der Waals surface area contributed by atoms with Gasteiger partial charge in [0, 0.05) is 37.6 Å². The summed E-state index contributed by atoms with van der Waals surface area (Å²) in [6.07, 6.45) is 3.67. The summed E-state index contributed by atoms with van der Waals surface area (Å²) in [5.41, 5.74) is 0. The second-order valence-electron chi connectivity index (χ2n) is 5.79. The van der Waals surface area contributed by atoms with Crippen molar-refractivity contribution < 1.29 is 9.59 Å². The number of nitrogens with one attached hydrogen (secondary N) is 3. The van der Waals surface area contributed by atoms with E-state index in [9.17, 15) is 9.59 Å². The van der Waals surface area contributed by atoms with Crippen LogP contribution in [-0.4, -0.2) is 67.1 Å². The number of likely N-dealkylation sites (N-methyl/N-ethyl adjacent to an activating group) is 2. The fourth-order valence-corrected chi connectivity index (χ4v) is 4.40. The molecule has 0 spiro atoms. The van der Waals surface area contributed by atoms with E-state index in [1.807, 2.05) is 25.9 Å². The maximum Gasteiger partial charge on any atom is 0.315 e. The van der Waals surface area contributed by atoms with Gasteiger partial charge in [0.2, 0.25) is 5.91 Å². The van der Waals surface area contributed by atoms with Crippen LogP contribution in [0, 0.1) is 0 Å². The molecular weight excluding hydrogens is 288 g/mol. The summed E-state index contributed by atoms with van der Waals surface area (Å²) in [7, 11) is 3.75. The normalized spacial score (nSPS) is 27.1. The molecular formula is C14H26N4O2S. The summed E-state index contributed by atoms with van der Waals surface area (Å²) in [4.78, 5) is 25.0. The quantitative estimate of drug-likeness (QED) is 0.448. The van der Waals surface area contributed by atoms with Gasteiger partial charge in [0.15, 0.2) is 0 Å². The summed E-state index contributed by atoms with van der Waals surface area (Å²) in [6.45, 7) is 1.59. The lowest BCUT2D eigenvalue weighted by Crippen LogP contribution is -2.36. The summed E-state index contributed by atoms with van der Waals surface area (Å²) in [6, 6.07) is 0.537. The first-order valence-corrected chi connectivity index (χ1v) is 8.74. The number of nitrogens with zero attached hydrogens (tertiary/aromatic N) is 1. The lowest BCUT2D eigenvalue weighted by atomic mass is 10.0. The Balaban J connectivity index is 1.59. The van der Waals surface area contributed by atoms with Crippen molar-refractivity contribution in [1.82, 2.24) is 20.9 Å². The van der Waals surface area contributed by atoms with Crippen molar-refractivity contribution in [2.75, 3.05) is 32.9 Å². The molecule has 3 amide bonds. The van der Waals surface area contributed by atoms with Gasteiger partial charge in [-0.25, -0.2) is 4.79 Å². The molecule has 2 fully saturated rings. The Morgan fingerprint density at radius 3 is 3.00 bits per heavy atom. The van der Waals surface area contributed by atoms with Gasteiger partial charge in [-0.05, 0) is 19.9 Å². The first-order chi connectivity index (χ1) is 10.1. The molecule has 2 rings (SSSR count). The third-order valence-electron chi connectivity index (χ3n) is 4.19. The van der Waals surface area contributed by atoms with E-state index in [0.29, 0.717) is 17.7 Å². The van der Waals surface area contributed by atoms with Crippen molar-refractivity contribution in [2.45, 2.75) is 43.0 Å². The Labute approximate surface area is 130 Å². The molecule has 3 atom stereocenters. The van der Waals surface area contributed by atoms with Crippen LogP contribution in [0.1, 0.15) is 25.7 Å². The molecule has 3 N–H and O–H groups in total. The molecule has 0 aromatic carbocycles. The molecule has 6 nitrogen and oxygen atoms in total. The van der Waals surface area contributed by atoms with Gasteiger partial charge in [-0.3, -0.25) is 4.79 Å². The molecule has 0 unspecified atom stereocenters. The predicted molar refractivity (Wildman–Crippen MR) is 85.5 cm³/mol. The van der Waals surface area contributed by atoms with Crippen LogP contribution in [0.3, 0.4) is 0 Å². The first kappa shape index (κ1) is 16.4. The topological polar surface area (TPSA) is 73.5 Å². The highest BCUT2D eigenvalue weighted by atomic mass is 32.2. The minimum absolute atomic E-state index is 0.0309. The van der Waals surface area contributed by atoms with Crippen LogP contribution in [-0.2, 0) is 4.79 Å². The number of carbonyl (C=O) groups is 2. The van der Waals surface area contributed by atoms with Gasteiger partial charge >= 0.3 is 6.03 Å². The van der Waals surface area contributed by atoms with Crippen LogP contribution in [0.15, 0.2) is 0 Å². The van der Waals surface area contributed by atoms with E-state index in [1.54, 1.807) is 4.90 Å². The van der Waals surface area contributed by atoms with Gasteiger partial charge in [-0.15, -0.1) is 0 Å². The summed E-state index contributed by atoms with van der Waals surface area (Å²) < 4.78 is 0. The van der Waals surface area contributed by atoms with Gasteiger partial charge < -0.3 is 20.9 Å². The van der Waals surface area contributed by atoms with Crippen molar-refractivity contribution >= 4 is 23.7 Å². The third-order valence-corrected chi connectivity index (χ3v) is 5.70. The minimum Gasteiger partial charge on any atom is -0.344 e. The zero-order chi connectivity index (χ0) is 15.2. The van der Waals surface area contributed by atoms with Gasteiger partial charge in [0.25, 0.3) is 0 Å². The highest BCUT2D eigenvalue weighted by Gasteiger charge is 2.42. The van der Waals surface area contributed by atoms with Crippen molar-refractivity contribution in [3.8, 4) is 0 Å². The lowest BCUT2D eigenvalue weighted by Gasteiger charge is -2.18. The van der Waals surface area contributed by atoms with Crippen LogP contribution in [0.2, 0.25) is 0 Å². The Morgan fingerprint density at radius 2 is 2.24 bits per heavy atom. The zero-order valence-corrected chi connectivity index (χ0v) is 13.7. The number of fused-ring (bicyclic) bond motifs is 1. The van der Waals surface area contributed by atoms with E-state index < -0.39 is 0 Å². The molecule has 0 aliphatic carbocycles. The van der Waals surface area contributed by atoms with Crippen molar-refractivity contribution in [2.24, 2.45) is 0 Å². The Bertz CT molecular complexity index is 380. The molecule has 2 saturated heterocycles. The van der Waals surface area contributed by atoms with E-state index in [2.05, 4.69) is 16.0 Å². The van der Waals surface area contributed by atoms with E-state index in [4.69, 9.17) is 0 Å². The van der Waals surface area contributed by atoms with Crippen molar-refractivity contribution in [3.63, 3.8) is 0 Å². The smallest absolute Gasteiger partial charge is 0.315 e. The van der Waals surface area contributed by atoms with Gasteiger partial charge in [0.05, 0.1) is 12.1 Å². The first-order valence-electron chi connectivity index (χ1n) is 7.69. The largest absolute Gasteiger partial charge is 0.344 e. The molecule has 2 aliphatic rings. The van der Waals surface area contributed by atoms with Crippen LogP contribution < -0.4 is 16.0 Å². The number of amides is 3. The highest BCUT2D eigenvalue weighted by molar-refractivity contribution is 8.00.